The molecule has 3 aromatic heterocycles. The highest BCUT2D eigenvalue weighted by atomic mass is 16.3. The predicted octanol–water partition coefficient (Wildman–Crippen LogP) is 1.24. The van der Waals surface area contributed by atoms with Crippen molar-refractivity contribution in [1.82, 2.24) is 29.8 Å². The Hall–Kier alpha value is -2.48. The zero-order valence-electron chi connectivity index (χ0n) is 14.1. The van der Waals surface area contributed by atoms with E-state index in [1.54, 1.807) is 15.6 Å². The third-order valence-electron chi connectivity index (χ3n) is 4.72. The molecule has 0 aromatic carbocycles. The van der Waals surface area contributed by atoms with E-state index in [0.29, 0.717) is 18.7 Å². The normalized spacial score (nSPS) is 21.3. The summed E-state index contributed by atoms with van der Waals surface area (Å²) in [7, 11) is 1.88. The minimum atomic E-state index is -0.981. The molecule has 3 aromatic rings. The maximum absolute atomic E-state index is 11.1. The molecule has 0 saturated carbocycles. The summed E-state index contributed by atoms with van der Waals surface area (Å²) < 4.78 is 3.54. The number of fused-ring (bicyclic) bond motifs is 1. The van der Waals surface area contributed by atoms with Gasteiger partial charge in [-0.25, -0.2) is 9.67 Å². The number of aliphatic hydroxyl groups is 1. The molecule has 1 N–H and O–H groups in total. The summed E-state index contributed by atoms with van der Waals surface area (Å²) in [5.74, 6) is 0. The van der Waals surface area contributed by atoms with Crippen LogP contribution in [0.25, 0.3) is 11.0 Å². The third kappa shape index (κ3) is 2.25. The van der Waals surface area contributed by atoms with Crippen molar-refractivity contribution in [1.29, 1.82) is 0 Å². The summed E-state index contributed by atoms with van der Waals surface area (Å²) >= 11 is 0. The van der Waals surface area contributed by atoms with Crippen molar-refractivity contribution >= 4 is 16.7 Å². The van der Waals surface area contributed by atoms with Gasteiger partial charge in [0.15, 0.2) is 5.65 Å². The van der Waals surface area contributed by atoms with Gasteiger partial charge in [0.25, 0.3) is 0 Å². The molecule has 1 aliphatic rings. The second-order valence-electron chi connectivity index (χ2n) is 6.72. The average molecular weight is 327 g/mol. The molecule has 1 unspecified atom stereocenters. The molecule has 8 nitrogen and oxygen atoms in total. The van der Waals surface area contributed by atoms with Gasteiger partial charge in [0, 0.05) is 32.3 Å². The van der Waals surface area contributed by atoms with Gasteiger partial charge in [-0.2, -0.15) is 5.10 Å². The molecular weight excluding hydrogens is 306 g/mol. The zero-order valence-corrected chi connectivity index (χ0v) is 14.1. The number of aromatic nitrogens is 6. The van der Waals surface area contributed by atoms with Crippen LogP contribution in [-0.4, -0.2) is 48.0 Å². The fraction of sp³-hybridized carbons (Fsp3) is 0.500. The van der Waals surface area contributed by atoms with Crippen molar-refractivity contribution in [3.05, 3.63) is 30.4 Å². The second kappa shape index (κ2) is 5.27. The number of anilines is 1. The number of aryl methyl sites for hydroxylation is 1. The molecule has 4 heterocycles. The monoisotopic (exact) mass is 327 g/mol. The van der Waals surface area contributed by atoms with Crippen molar-refractivity contribution in [2.45, 2.75) is 31.9 Å². The van der Waals surface area contributed by atoms with E-state index in [1.807, 2.05) is 39.4 Å². The lowest BCUT2D eigenvalue weighted by atomic mass is 10.00. The lowest BCUT2D eigenvalue weighted by Crippen LogP contribution is -2.31. The first-order chi connectivity index (χ1) is 11.5. The van der Waals surface area contributed by atoms with Crippen molar-refractivity contribution < 1.29 is 5.11 Å². The Bertz CT molecular complexity index is 884. The molecule has 4 rings (SSSR count). The van der Waals surface area contributed by atoms with E-state index in [4.69, 9.17) is 0 Å². The van der Waals surface area contributed by atoms with Crippen molar-refractivity contribution in [3.8, 4) is 0 Å². The Morgan fingerprint density at radius 3 is 2.92 bits per heavy atom. The fourth-order valence-electron chi connectivity index (χ4n) is 3.26. The van der Waals surface area contributed by atoms with Crippen molar-refractivity contribution in [2.24, 2.45) is 7.05 Å². The highest BCUT2D eigenvalue weighted by molar-refractivity contribution is 5.89. The number of hydrogen-bond acceptors (Lipinski definition) is 6. The smallest absolute Gasteiger partial charge is 0.159 e. The van der Waals surface area contributed by atoms with Gasteiger partial charge < -0.3 is 10.0 Å². The molecule has 126 valence electrons. The van der Waals surface area contributed by atoms with Crippen LogP contribution in [0.2, 0.25) is 0 Å². The Morgan fingerprint density at radius 1 is 1.33 bits per heavy atom. The van der Waals surface area contributed by atoms with Crippen LogP contribution in [0.5, 0.6) is 0 Å². The zero-order chi connectivity index (χ0) is 16.9. The number of hydrogen-bond donors (Lipinski definition) is 1. The minimum absolute atomic E-state index is 0.225. The number of rotatable bonds is 3. The Kier molecular flexibility index (Phi) is 3.31. The molecule has 1 atom stereocenters. The summed E-state index contributed by atoms with van der Waals surface area (Å²) in [6, 6.07) is 2.20. The van der Waals surface area contributed by atoms with Gasteiger partial charge in [-0.15, -0.1) is 5.10 Å². The minimum Gasteiger partial charge on any atom is -0.381 e. The first-order valence-corrected chi connectivity index (χ1v) is 8.14. The Morgan fingerprint density at radius 2 is 2.17 bits per heavy atom. The van der Waals surface area contributed by atoms with Crippen molar-refractivity contribution in [3.63, 3.8) is 0 Å². The van der Waals surface area contributed by atoms with E-state index in [1.165, 1.54) is 0 Å². The van der Waals surface area contributed by atoms with E-state index >= 15 is 0 Å². The SMILES string of the molecule is CC(C)n1cc(C2(O)CCN(c3ccnc4c3cnn4C)C2)nn1. The standard InChI is InChI=1S/C16H21N7O/c1-11(2)23-9-14(19-20-23)16(24)5-7-22(10-16)13-4-6-17-15-12(13)8-18-21(15)3/h4,6,8-9,11,24H,5,7,10H2,1-3H3. The highest BCUT2D eigenvalue weighted by Gasteiger charge is 2.40. The number of β-amino-alcohol motifs (C(OH)–C–C–N with tert-alkyl or cyclic N) is 1. The molecule has 1 saturated heterocycles. The lowest BCUT2D eigenvalue weighted by molar-refractivity contribution is 0.0559. The summed E-state index contributed by atoms with van der Waals surface area (Å²) in [4.78, 5) is 6.54. The van der Waals surface area contributed by atoms with Crippen LogP contribution in [-0.2, 0) is 12.6 Å². The third-order valence-corrected chi connectivity index (χ3v) is 4.72. The molecule has 0 aliphatic carbocycles. The molecular formula is C16H21N7O. The Labute approximate surface area is 139 Å². The van der Waals surface area contributed by atoms with Gasteiger partial charge in [0.1, 0.15) is 11.3 Å². The number of pyridine rings is 1. The molecule has 0 radical (unpaired) electrons. The molecule has 8 heteroatoms. The van der Waals surface area contributed by atoms with Crippen molar-refractivity contribution in [2.75, 3.05) is 18.0 Å². The van der Waals surface area contributed by atoms with E-state index in [2.05, 4.69) is 25.3 Å². The van der Waals surface area contributed by atoms with Crippen LogP contribution < -0.4 is 4.90 Å². The van der Waals surface area contributed by atoms with Gasteiger partial charge >= 0.3 is 0 Å². The Balaban J connectivity index is 1.65. The maximum atomic E-state index is 11.1. The van der Waals surface area contributed by atoms with Gasteiger partial charge in [-0.3, -0.25) is 4.68 Å². The van der Waals surface area contributed by atoms with Crippen LogP contribution >= 0.6 is 0 Å². The lowest BCUT2D eigenvalue weighted by Gasteiger charge is -2.22. The highest BCUT2D eigenvalue weighted by Crippen LogP contribution is 2.36. The second-order valence-corrected chi connectivity index (χ2v) is 6.72. The van der Waals surface area contributed by atoms with E-state index in [-0.39, 0.29) is 6.04 Å². The van der Waals surface area contributed by atoms with E-state index in [9.17, 15) is 5.11 Å². The first-order valence-electron chi connectivity index (χ1n) is 8.14. The molecule has 24 heavy (non-hydrogen) atoms. The fourth-order valence-corrected chi connectivity index (χ4v) is 3.26. The van der Waals surface area contributed by atoms with Gasteiger partial charge in [0.2, 0.25) is 0 Å². The molecule has 0 bridgehead atoms. The molecule has 0 amide bonds. The topological polar surface area (TPSA) is 84.9 Å². The quantitative estimate of drug-likeness (QED) is 0.779. The van der Waals surface area contributed by atoms with Gasteiger partial charge in [-0.1, -0.05) is 5.21 Å². The van der Waals surface area contributed by atoms with Gasteiger partial charge in [0.05, 0.1) is 30.0 Å². The summed E-state index contributed by atoms with van der Waals surface area (Å²) in [5, 5.41) is 24.7. The van der Waals surface area contributed by atoms with Gasteiger partial charge in [-0.05, 0) is 19.9 Å². The first kappa shape index (κ1) is 15.1. The summed E-state index contributed by atoms with van der Waals surface area (Å²) in [6.07, 6.45) is 6.07. The summed E-state index contributed by atoms with van der Waals surface area (Å²) in [5.41, 5.74) is 1.54. The maximum Gasteiger partial charge on any atom is 0.159 e. The van der Waals surface area contributed by atoms with Crippen LogP contribution in [0.1, 0.15) is 32.0 Å². The molecule has 0 spiro atoms. The molecule has 1 fully saturated rings. The largest absolute Gasteiger partial charge is 0.381 e. The van der Waals surface area contributed by atoms with Crippen LogP contribution in [0.4, 0.5) is 5.69 Å². The number of nitrogens with zero attached hydrogens (tertiary/aromatic N) is 7. The summed E-state index contributed by atoms with van der Waals surface area (Å²) in [6.45, 7) is 5.32. The van der Waals surface area contributed by atoms with E-state index in [0.717, 1.165) is 23.3 Å². The van der Waals surface area contributed by atoms with Crippen LogP contribution in [0.3, 0.4) is 0 Å². The molecule has 1 aliphatic heterocycles. The average Bonchev–Trinajstić information content (AvgIpc) is 3.27. The van der Waals surface area contributed by atoms with Crippen LogP contribution in [0, 0.1) is 0 Å². The van der Waals surface area contributed by atoms with Crippen LogP contribution in [0.15, 0.2) is 24.7 Å². The van der Waals surface area contributed by atoms with E-state index < -0.39 is 5.60 Å². The predicted molar refractivity (Wildman–Crippen MR) is 89.6 cm³/mol.